The first-order valence-corrected chi connectivity index (χ1v) is 12.4. The summed E-state index contributed by atoms with van der Waals surface area (Å²) >= 11 is 3.07. The minimum Gasteiger partial charge on any atom is -0.461 e. The van der Waals surface area contributed by atoms with Crippen molar-refractivity contribution in [3.05, 3.63) is 42.7 Å². The van der Waals surface area contributed by atoms with E-state index in [4.69, 9.17) is 4.42 Å². The molecule has 0 spiro atoms. The van der Waals surface area contributed by atoms with Crippen molar-refractivity contribution in [1.82, 2.24) is 14.8 Å². The van der Waals surface area contributed by atoms with Crippen molar-refractivity contribution in [2.24, 2.45) is 0 Å². The van der Waals surface area contributed by atoms with E-state index in [0.29, 0.717) is 11.8 Å². The van der Waals surface area contributed by atoms with E-state index in [1.54, 1.807) is 18.0 Å². The summed E-state index contributed by atoms with van der Waals surface area (Å²) in [6.45, 7) is 1.91. The Balaban J connectivity index is 1.55. The van der Waals surface area contributed by atoms with Crippen molar-refractivity contribution >= 4 is 35.1 Å². The van der Waals surface area contributed by atoms with E-state index in [9.17, 15) is 4.79 Å². The summed E-state index contributed by atoms with van der Waals surface area (Å²) in [7, 11) is 0. The summed E-state index contributed by atoms with van der Waals surface area (Å²) < 4.78 is 7.79. The predicted molar refractivity (Wildman–Crippen MR) is 122 cm³/mol. The molecule has 3 aromatic rings. The number of anilines is 1. The molecule has 1 unspecified atom stereocenters. The number of rotatable bonds is 7. The minimum absolute atomic E-state index is 0.0424. The molecule has 0 saturated heterocycles. The molecule has 30 heavy (non-hydrogen) atoms. The fourth-order valence-electron chi connectivity index (χ4n) is 3.79. The number of para-hydroxylation sites is 1. The van der Waals surface area contributed by atoms with Gasteiger partial charge in [0.05, 0.1) is 17.2 Å². The highest BCUT2D eigenvalue weighted by Gasteiger charge is 2.27. The standard InChI is InChI=1S/C22H26N4O2S2/c1-15(21(27)23-17-11-6-7-13-19(17)29-2)30-22-25-24-20(18-12-8-14-28-18)26(22)16-9-4-3-5-10-16/h6-8,11-16H,3-5,9-10H2,1-2H3,(H,23,27). The van der Waals surface area contributed by atoms with Gasteiger partial charge in [0.15, 0.2) is 10.9 Å². The number of hydrogen-bond donors (Lipinski definition) is 1. The van der Waals surface area contributed by atoms with E-state index in [0.717, 1.165) is 34.4 Å². The summed E-state index contributed by atoms with van der Waals surface area (Å²) in [6.07, 6.45) is 9.53. The van der Waals surface area contributed by atoms with Gasteiger partial charge in [0.1, 0.15) is 0 Å². The second kappa shape index (κ2) is 9.75. The minimum atomic E-state index is -0.309. The molecular formula is C22H26N4O2S2. The summed E-state index contributed by atoms with van der Waals surface area (Å²) in [5.74, 6) is 1.42. The summed E-state index contributed by atoms with van der Waals surface area (Å²) in [5.41, 5.74) is 0.840. The van der Waals surface area contributed by atoms with Gasteiger partial charge in [-0.25, -0.2) is 0 Å². The Bertz CT molecular complexity index is 981. The highest BCUT2D eigenvalue weighted by atomic mass is 32.2. The van der Waals surface area contributed by atoms with Crippen LogP contribution in [0.5, 0.6) is 0 Å². The van der Waals surface area contributed by atoms with Gasteiger partial charge in [-0.05, 0) is 50.3 Å². The van der Waals surface area contributed by atoms with Crippen molar-refractivity contribution in [1.29, 1.82) is 0 Å². The first-order chi connectivity index (χ1) is 14.7. The third-order valence-corrected chi connectivity index (χ3v) is 7.21. The molecular weight excluding hydrogens is 416 g/mol. The quantitative estimate of drug-likeness (QED) is 0.460. The van der Waals surface area contributed by atoms with E-state index < -0.39 is 0 Å². The van der Waals surface area contributed by atoms with E-state index in [2.05, 4.69) is 20.1 Å². The van der Waals surface area contributed by atoms with Crippen LogP contribution >= 0.6 is 23.5 Å². The summed E-state index contributed by atoms with van der Waals surface area (Å²) in [4.78, 5) is 13.9. The van der Waals surface area contributed by atoms with Gasteiger partial charge >= 0.3 is 0 Å². The lowest BCUT2D eigenvalue weighted by Gasteiger charge is -2.25. The fourth-order valence-corrected chi connectivity index (χ4v) is 5.27. The molecule has 1 saturated carbocycles. The molecule has 4 rings (SSSR count). The predicted octanol–water partition coefficient (Wildman–Crippen LogP) is 5.88. The Morgan fingerprint density at radius 1 is 1.17 bits per heavy atom. The monoisotopic (exact) mass is 442 g/mol. The molecule has 1 N–H and O–H groups in total. The van der Waals surface area contributed by atoms with E-state index in [1.165, 1.54) is 31.0 Å². The number of carbonyl (C=O) groups is 1. The Hall–Kier alpha value is -2.19. The zero-order valence-electron chi connectivity index (χ0n) is 17.2. The van der Waals surface area contributed by atoms with Crippen LogP contribution in [-0.4, -0.2) is 32.2 Å². The molecule has 2 heterocycles. The van der Waals surface area contributed by atoms with Crippen molar-refractivity contribution in [2.75, 3.05) is 11.6 Å². The topological polar surface area (TPSA) is 73.0 Å². The van der Waals surface area contributed by atoms with Crippen molar-refractivity contribution < 1.29 is 9.21 Å². The van der Waals surface area contributed by atoms with Gasteiger partial charge in [-0.3, -0.25) is 9.36 Å². The van der Waals surface area contributed by atoms with Crippen LogP contribution in [0.4, 0.5) is 5.69 Å². The van der Waals surface area contributed by atoms with Crippen LogP contribution in [0.15, 0.2) is 57.1 Å². The second-order valence-electron chi connectivity index (χ2n) is 7.39. The number of benzene rings is 1. The van der Waals surface area contributed by atoms with Gasteiger partial charge < -0.3 is 9.73 Å². The van der Waals surface area contributed by atoms with Gasteiger partial charge in [-0.15, -0.1) is 22.0 Å². The van der Waals surface area contributed by atoms with E-state index in [1.807, 2.05) is 49.6 Å². The number of hydrogen-bond acceptors (Lipinski definition) is 6. The van der Waals surface area contributed by atoms with Crippen LogP contribution in [0.1, 0.15) is 45.1 Å². The van der Waals surface area contributed by atoms with Crippen molar-refractivity contribution in [2.45, 2.75) is 60.4 Å². The summed E-state index contributed by atoms with van der Waals surface area (Å²) in [6, 6.07) is 12.0. The van der Waals surface area contributed by atoms with E-state index >= 15 is 0 Å². The molecule has 1 fully saturated rings. The molecule has 8 heteroatoms. The maximum atomic E-state index is 12.9. The molecule has 1 aliphatic rings. The van der Waals surface area contributed by atoms with Crippen LogP contribution in [0.3, 0.4) is 0 Å². The lowest BCUT2D eigenvalue weighted by Crippen LogP contribution is -2.24. The highest BCUT2D eigenvalue weighted by molar-refractivity contribution is 8.00. The van der Waals surface area contributed by atoms with Gasteiger partial charge in [-0.2, -0.15) is 0 Å². The van der Waals surface area contributed by atoms with Crippen LogP contribution in [0, 0.1) is 0 Å². The molecule has 1 atom stereocenters. The first kappa shape index (κ1) is 21.1. The van der Waals surface area contributed by atoms with Gasteiger partial charge in [0.25, 0.3) is 0 Å². The smallest absolute Gasteiger partial charge is 0.237 e. The number of aromatic nitrogens is 3. The first-order valence-electron chi connectivity index (χ1n) is 10.3. The third kappa shape index (κ3) is 4.59. The Morgan fingerprint density at radius 3 is 2.70 bits per heavy atom. The van der Waals surface area contributed by atoms with Crippen LogP contribution in [0.25, 0.3) is 11.6 Å². The molecule has 1 amide bonds. The molecule has 2 aromatic heterocycles. The Labute approximate surface area is 185 Å². The molecule has 6 nitrogen and oxygen atoms in total. The van der Waals surface area contributed by atoms with Crippen molar-refractivity contribution in [3.8, 4) is 11.6 Å². The number of carbonyl (C=O) groups excluding carboxylic acids is 1. The maximum Gasteiger partial charge on any atom is 0.237 e. The normalized spacial score (nSPS) is 15.8. The van der Waals surface area contributed by atoms with Crippen LogP contribution in [-0.2, 0) is 4.79 Å². The van der Waals surface area contributed by atoms with Gasteiger partial charge in [0, 0.05) is 10.9 Å². The molecule has 1 aliphatic carbocycles. The molecule has 0 aliphatic heterocycles. The Kier molecular flexibility index (Phi) is 6.84. The third-order valence-electron chi connectivity index (χ3n) is 5.36. The number of thioether (sulfide) groups is 2. The zero-order chi connectivity index (χ0) is 20.9. The molecule has 0 bridgehead atoms. The van der Waals surface area contributed by atoms with E-state index in [-0.39, 0.29) is 11.2 Å². The average Bonchev–Trinajstić information content (AvgIpc) is 3.44. The Morgan fingerprint density at radius 2 is 1.97 bits per heavy atom. The van der Waals surface area contributed by atoms with Gasteiger partial charge in [-0.1, -0.05) is 43.2 Å². The lowest BCUT2D eigenvalue weighted by molar-refractivity contribution is -0.115. The molecule has 1 aromatic carbocycles. The lowest BCUT2D eigenvalue weighted by atomic mass is 9.95. The van der Waals surface area contributed by atoms with Crippen LogP contribution < -0.4 is 5.32 Å². The number of amides is 1. The average molecular weight is 443 g/mol. The summed E-state index contributed by atoms with van der Waals surface area (Å²) in [5, 5.41) is 12.4. The zero-order valence-corrected chi connectivity index (χ0v) is 18.8. The maximum absolute atomic E-state index is 12.9. The number of furan rings is 1. The largest absolute Gasteiger partial charge is 0.461 e. The van der Waals surface area contributed by atoms with Gasteiger partial charge in [0.2, 0.25) is 11.7 Å². The molecule has 158 valence electrons. The SMILES string of the molecule is CSc1ccccc1NC(=O)C(C)Sc1nnc(-c2ccco2)n1C1CCCCC1. The second-order valence-corrected chi connectivity index (χ2v) is 9.55. The number of nitrogens with one attached hydrogen (secondary N) is 1. The fraction of sp³-hybridized carbons (Fsp3) is 0.409. The van der Waals surface area contributed by atoms with Crippen LogP contribution in [0.2, 0.25) is 0 Å². The number of nitrogens with zero attached hydrogens (tertiary/aromatic N) is 3. The van der Waals surface area contributed by atoms with Crippen molar-refractivity contribution in [3.63, 3.8) is 0 Å². The highest BCUT2D eigenvalue weighted by Crippen LogP contribution is 2.37. The molecule has 0 radical (unpaired) electrons.